The second-order valence-corrected chi connectivity index (χ2v) is 5.64. The molecule has 6 nitrogen and oxygen atoms in total. The number of likely N-dealkylation sites (tertiary alicyclic amines) is 1. The number of rotatable bonds is 1. The van der Waals surface area contributed by atoms with Crippen LogP contribution in [0.3, 0.4) is 0 Å². The van der Waals surface area contributed by atoms with Crippen LogP contribution in [0, 0.1) is 0 Å². The Kier molecular flexibility index (Phi) is 5.63. The van der Waals surface area contributed by atoms with E-state index in [1.165, 1.54) is 4.90 Å². The van der Waals surface area contributed by atoms with Crippen molar-refractivity contribution in [1.29, 1.82) is 0 Å². The Hall–Kier alpha value is -2.32. The molecule has 2 heterocycles. The van der Waals surface area contributed by atoms with Gasteiger partial charge >= 0.3 is 18.0 Å². The molecule has 0 atom stereocenters. The average molecular weight is 345 g/mol. The van der Waals surface area contributed by atoms with Crippen molar-refractivity contribution in [2.75, 3.05) is 18.4 Å². The second-order valence-electron chi connectivity index (χ2n) is 5.64. The van der Waals surface area contributed by atoms with Crippen molar-refractivity contribution in [1.82, 2.24) is 9.88 Å². The zero-order chi connectivity index (χ0) is 17.7. The Morgan fingerprint density at radius 3 is 2.25 bits per heavy atom. The Labute approximate surface area is 136 Å². The van der Waals surface area contributed by atoms with E-state index in [9.17, 15) is 27.6 Å². The van der Waals surface area contributed by atoms with Gasteiger partial charge in [-0.1, -0.05) is 19.3 Å². The summed E-state index contributed by atoms with van der Waals surface area (Å²) in [5.41, 5.74) is -2.62. The number of anilines is 1. The van der Waals surface area contributed by atoms with E-state index in [0.717, 1.165) is 32.1 Å². The highest BCUT2D eigenvalue weighted by atomic mass is 19.4. The largest absolute Gasteiger partial charge is 0.417 e. The Morgan fingerprint density at radius 2 is 1.67 bits per heavy atom. The van der Waals surface area contributed by atoms with Crippen LogP contribution >= 0.6 is 0 Å². The molecule has 0 unspecified atom stereocenters. The molecule has 1 aliphatic rings. The highest BCUT2D eigenvalue weighted by Gasteiger charge is 2.32. The summed E-state index contributed by atoms with van der Waals surface area (Å²) in [5.74, 6) is -1.95. The van der Waals surface area contributed by atoms with Crippen molar-refractivity contribution < 1.29 is 22.8 Å². The number of amides is 2. The normalized spacial score (nSPS) is 16.2. The lowest BCUT2D eigenvalue weighted by atomic mass is 10.1. The van der Waals surface area contributed by atoms with Crippen LogP contribution in [-0.4, -0.2) is 34.8 Å². The number of halogens is 3. The van der Waals surface area contributed by atoms with Crippen LogP contribution in [0.5, 0.6) is 0 Å². The number of aromatic amines is 1. The molecule has 24 heavy (non-hydrogen) atoms. The maximum absolute atomic E-state index is 12.7. The Balaban J connectivity index is 2.10. The molecule has 1 saturated heterocycles. The minimum atomic E-state index is -4.67. The van der Waals surface area contributed by atoms with Gasteiger partial charge in [0, 0.05) is 19.3 Å². The van der Waals surface area contributed by atoms with E-state index >= 15 is 0 Å². The van der Waals surface area contributed by atoms with Crippen molar-refractivity contribution in [3.05, 3.63) is 28.2 Å². The fraction of sp³-hybridized carbons (Fsp3) is 0.533. The van der Waals surface area contributed by atoms with Crippen molar-refractivity contribution >= 4 is 17.5 Å². The minimum absolute atomic E-state index is 0.422. The van der Waals surface area contributed by atoms with E-state index in [-0.39, 0.29) is 0 Å². The number of hydrogen-bond donors (Lipinski definition) is 2. The molecule has 1 aromatic rings. The summed E-state index contributed by atoms with van der Waals surface area (Å²) in [7, 11) is 0. The topological polar surface area (TPSA) is 82.3 Å². The first kappa shape index (κ1) is 18.0. The van der Waals surface area contributed by atoms with Crippen LogP contribution in [0.1, 0.15) is 37.7 Å². The van der Waals surface area contributed by atoms with Gasteiger partial charge < -0.3 is 15.2 Å². The fourth-order valence-corrected chi connectivity index (χ4v) is 2.51. The lowest BCUT2D eigenvalue weighted by Crippen LogP contribution is -2.42. The molecule has 9 heteroatoms. The van der Waals surface area contributed by atoms with Crippen molar-refractivity contribution in [3.8, 4) is 0 Å². The van der Waals surface area contributed by atoms with Gasteiger partial charge in [0.1, 0.15) is 5.69 Å². The van der Waals surface area contributed by atoms with Gasteiger partial charge in [-0.15, -0.1) is 0 Å². The average Bonchev–Trinajstić information content (AvgIpc) is 2.47. The second kappa shape index (κ2) is 7.50. The van der Waals surface area contributed by atoms with Gasteiger partial charge in [-0.2, -0.15) is 13.2 Å². The minimum Gasteiger partial charge on any atom is -0.334 e. The maximum atomic E-state index is 12.7. The number of alkyl halides is 3. The first-order valence-corrected chi connectivity index (χ1v) is 7.69. The highest BCUT2D eigenvalue weighted by molar-refractivity contribution is 6.39. The summed E-state index contributed by atoms with van der Waals surface area (Å²) in [6, 6.07) is 0.511. The first-order chi connectivity index (χ1) is 11.3. The predicted molar refractivity (Wildman–Crippen MR) is 80.4 cm³/mol. The number of nitrogens with one attached hydrogen (secondary N) is 2. The zero-order valence-electron chi connectivity index (χ0n) is 12.9. The fourth-order valence-electron chi connectivity index (χ4n) is 2.51. The molecular weight excluding hydrogens is 327 g/mol. The molecule has 2 amide bonds. The molecule has 1 aliphatic heterocycles. The van der Waals surface area contributed by atoms with E-state index < -0.39 is 34.8 Å². The number of hydrogen-bond acceptors (Lipinski definition) is 3. The molecule has 0 aromatic carbocycles. The van der Waals surface area contributed by atoms with E-state index in [4.69, 9.17) is 0 Å². The Bertz CT molecular complexity index is 662. The number of aromatic nitrogens is 1. The third-order valence-corrected chi connectivity index (χ3v) is 3.82. The summed E-state index contributed by atoms with van der Waals surface area (Å²) < 4.78 is 38.0. The summed E-state index contributed by atoms with van der Waals surface area (Å²) in [6.45, 7) is 0.844. The van der Waals surface area contributed by atoms with Gasteiger partial charge in [0.2, 0.25) is 0 Å². The van der Waals surface area contributed by atoms with Crippen LogP contribution in [0.4, 0.5) is 18.9 Å². The molecule has 0 bridgehead atoms. The van der Waals surface area contributed by atoms with Gasteiger partial charge in [-0.05, 0) is 18.9 Å². The lowest BCUT2D eigenvalue weighted by molar-refractivity contribution is -0.143. The van der Waals surface area contributed by atoms with Gasteiger partial charge in [0.15, 0.2) is 0 Å². The van der Waals surface area contributed by atoms with Crippen LogP contribution < -0.4 is 10.9 Å². The van der Waals surface area contributed by atoms with Gasteiger partial charge in [0.05, 0.1) is 5.56 Å². The van der Waals surface area contributed by atoms with Gasteiger partial charge in [-0.3, -0.25) is 14.4 Å². The van der Waals surface area contributed by atoms with Crippen LogP contribution in [-0.2, 0) is 15.8 Å². The summed E-state index contributed by atoms with van der Waals surface area (Å²) in [4.78, 5) is 39.0. The van der Waals surface area contributed by atoms with E-state index in [0.29, 0.717) is 25.4 Å². The molecule has 2 rings (SSSR count). The molecule has 0 radical (unpaired) electrons. The lowest BCUT2D eigenvalue weighted by Gasteiger charge is -2.24. The van der Waals surface area contributed by atoms with Crippen LogP contribution in [0.2, 0.25) is 0 Å². The molecule has 0 spiro atoms. The third kappa shape index (κ3) is 4.59. The smallest absolute Gasteiger partial charge is 0.334 e. The highest BCUT2D eigenvalue weighted by Crippen LogP contribution is 2.29. The molecule has 0 saturated carbocycles. The quantitative estimate of drug-likeness (QED) is 0.765. The van der Waals surface area contributed by atoms with Crippen LogP contribution in [0.15, 0.2) is 17.1 Å². The number of carbonyl (C=O) groups excluding carboxylic acids is 2. The standard InChI is InChI=1S/C15H18F3N3O3/c16-15(17,18)10-8-11(12(22)19-9-10)20-13(23)14(24)21-6-4-2-1-3-5-7-21/h8-9H,1-7H2,(H,19,22)(H,20,23). The summed E-state index contributed by atoms with van der Waals surface area (Å²) in [5, 5.41) is 1.98. The monoisotopic (exact) mass is 345 g/mol. The zero-order valence-corrected chi connectivity index (χ0v) is 12.9. The third-order valence-electron chi connectivity index (χ3n) is 3.82. The predicted octanol–water partition coefficient (Wildman–Crippen LogP) is 2.12. The number of nitrogens with zero attached hydrogens (tertiary/aromatic N) is 1. The van der Waals surface area contributed by atoms with Crippen molar-refractivity contribution in [2.45, 2.75) is 38.3 Å². The molecule has 1 aromatic heterocycles. The van der Waals surface area contributed by atoms with E-state index in [2.05, 4.69) is 0 Å². The van der Waals surface area contributed by atoms with Gasteiger partial charge in [-0.25, -0.2) is 0 Å². The number of pyridine rings is 1. The summed E-state index contributed by atoms with van der Waals surface area (Å²) in [6.07, 6.45) is 0.367. The van der Waals surface area contributed by atoms with Crippen molar-refractivity contribution in [2.24, 2.45) is 0 Å². The molecule has 1 fully saturated rings. The molecule has 2 N–H and O–H groups in total. The van der Waals surface area contributed by atoms with Crippen LogP contribution in [0.25, 0.3) is 0 Å². The molecule has 132 valence electrons. The van der Waals surface area contributed by atoms with E-state index in [1.807, 2.05) is 10.3 Å². The Morgan fingerprint density at radius 1 is 1.08 bits per heavy atom. The van der Waals surface area contributed by atoms with Gasteiger partial charge in [0.25, 0.3) is 5.56 Å². The number of H-pyrrole nitrogens is 1. The molecular formula is C15H18F3N3O3. The van der Waals surface area contributed by atoms with E-state index in [1.54, 1.807) is 0 Å². The first-order valence-electron chi connectivity index (χ1n) is 7.69. The molecule has 0 aliphatic carbocycles. The SMILES string of the molecule is O=C(Nc1cc(C(F)(F)F)c[nH]c1=O)C(=O)N1CCCCCCC1. The summed E-state index contributed by atoms with van der Waals surface area (Å²) >= 11 is 0. The van der Waals surface area contributed by atoms with Crippen molar-refractivity contribution in [3.63, 3.8) is 0 Å². The maximum Gasteiger partial charge on any atom is 0.417 e. The number of carbonyl (C=O) groups is 2.